The van der Waals surface area contributed by atoms with Crippen molar-refractivity contribution in [3.63, 3.8) is 0 Å². The van der Waals surface area contributed by atoms with E-state index < -0.39 is 0 Å². The number of amides is 1. The normalized spacial score (nSPS) is 11.0. The molecule has 0 aliphatic carbocycles. The van der Waals surface area contributed by atoms with Crippen LogP contribution in [-0.4, -0.2) is 20.7 Å². The summed E-state index contributed by atoms with van der Waals surface area (Å²) in [5, 5.41) is 4.95. The molecule has 1 amide bonds. The third-order valence-electron chi connectivity index (χ3n) is 4.50. The molecule has 0 saturated heterocycles. The second kappa shape index (κ2) is 7.32. The highest BCUT2D eigenvalue weighted by molar-refractivity contribution is 7.22. The van der Waals surface area contributed by atoms with E-state index in [1.807, 2.05) is 62.4 Å². The van der Waals surface area contributed by atoms with E-state index in [2.05, 4.69) is 5.10 Å². The summed E-state index contributed by atoms with van der Waals surface area (Å²) in [5.41, 5.74) is 3.70. The van der Waals surface area contributed by atoms with Crippen LogP contribution in [-0.2, 0) is 13.1 Å². The third-order valence-corrected chi connectivity index (χ3v) is 5.55. The largest absolute Gasteiger partial charge is 0.278 e. The summed E-state index contributed by atoms with van der Waals surface area (Å²) < 4.78 is 2.80. The SMILES string of the molecule is CCn1nccc1C(=O)N(Cc1ccccc1)c1nc2c(C)cccc2s1. The van der Waals surface area contributed by atoms with Crippen LogP contribution in [0.5, 0.6) is 0 Å². The van der Waals surface area contributed by atoms with E-state index >= 15 is 0 Å². The average molecular weight is 376 g/mol. The molecular weight excluding hydrogens is 356 g/mol. The summed E-state index contributed by atoms with van der Waals surface area (Å²) in [7, 11) is 0. The van der Waals surface area contributed by atoms with Crippen LogP contribution < -0.4 is 4.90 Å². The minimum atomic E-state index is -0.0880. The topological polar surface area (TPSA) is 51.0 Å². The van der Waals surface area contributed by atoms with Crippen LogP contribution >= 0.6 is 11.3 Å². The average Bonchev–Trinajstić information content (AvgIpc) is 3.34. The molecule has 5 nitrogen and oxygen atoms in total. The van der Waals surface area contributed by atoms with Gasteiger partial charge in [-0.25, -0.2) is 4.98 Å². The standard InChI is InChI=1S/C21H20N4OS/c1-3-25-17(12-13-22-25)20(26)24(14-16-9-5-4-6-10-16)21-23-19-15(2)8-7-11-18(19)27-21/h4-13H,3,14H2,1-2H3. The summed E-state index contributed by atoms with van der Waals surface area (Å²) in [6.45, 7) is 5.13. The molecule has 0 saturated carbocycles. The van der Waals surface area contributed by atoms with Gasteiger partial charge in [-0.05, 0) is 37.1 Å². The Labute approximate surface area is 161 Å². The number of hydrogen-bond donors (Lipinski definition) is 0. The summed E-state index contributed by atoms with van der Waals surface area (Å²) in [4.78, 5) is 19.9. The van der Waals surface area contributed by atoms with Gasteiger partial charge in [-0.1, -0.05) is 53.8 Å². The van der Waals surface area contributed by atoms with Gasteiger partial charge in [-0.3, -0.25) is 14.4 Å². The van der Waals surface area contributed by atoms with Crippen LogP contribution in [0.2, 0.25) is 0 Å². The van der Waals surface area contributed by atoms with Gasteiger partial charge in [0.25, 0.3) is 5.91 Å². The Bertz CT molecular complexity index is 1080. The van der Waals surface area contributed by atoms with E-state index in [1.54, 1.807) is 33.2 Å². The molecule has 27 heavy (non-hydrogen) atoms. The lowest BCUT2D eigenvalue weighted by Crippen LogP contribution is -2.32. The Morgan fingerprint density at radius 1 is 1.11 bits per heavy atom. The molecular formula is C21H20N4OS. The first-order valence-corrected chi connectivity index (χ1v) is 9.72. The van der Waals surface area contributed by atoms with Crippen molar-refractivity contribution in [2.24, 2.45) is 0 Å². The van der Waals surface area contributed by atoms with Gasteiger partial charge in [0.2, 0.25) is 0 Å². The van der Waals surface area contributed by atoms with E-state index in [1.165, 1.54) is 0 Å². The summed E-state index contributed by atoms with van der Waals surface area (Å²) in [5.74, 6) is -0.0880. The quantitative estimate of drug-likeness (QED) is 0.509. The van der Waals surface area contributed by atoms with Gasteiger partial charge in [0.15, 0.2) is 5.13 Å². The minimum absolute atomic E-state index is 0.0880. The number of fused-ring (bicyclic) bond motifs is 1. The van der Waals surface area contributed by atoms with Crippen molar-refractivity contribution in [2.45, 2.75) is 26.9 Å². The maximum absolute atomic E-state index is 13.4. The van der Waals surface area contributed by atoms with Crippen molar-refractivity contribution >= 4 is 32.6 Å². The van der Waals surface area contributed by atoms with Gasteiger partial charge in [0.1, 0.15) is 5.69 Å². The predicted molar refractivity (Wildman–Crippen MR) is 109 cm³/mol. The number of carbonyl (C=O) groups excluding carboxylic acids is 1. The molecule has 136 valence electrons. The maximum Gasteiger partial charge on any atom is 0.278 e. The Kier molecular flexibility index (Phi) is 4.73. The third kappa shape index (κ3) is 3.36. The Morgan fingerprint density at radius 2 is 1.93 bits per heavy atom. The molecule has 0 N–H and O–H groups in total. The Hall–Kier alpha value is -2.99. The van der Waals surface area contributed by atoms with Crippen molar-refractivity contribution in [3.05, 3.63) is 77.6 Å². The fraction of sp³-hybridized carbons (Fsp3) is 0.190. The zero-order valence-corrected chi connectivity index (χ0v) is 16.1. The lowest BCUT2D eigenvalue weighted by Gasteiger charge is -2.20. The van der Waals surface area contributed by atoms with Gasteiger partial charge >= 0.3 is 0 Å². The number of benzene rings is 2. The second-order valence-electron chi connectivity index (χ2n) is 6.33. The summed E-state index contributed by atoms with van der Waals surface area (Å²) in [6, 6.07) is 17.9. The molecule has 0 spiro atoms. The Morgan fingerprint density at radius 3 is 2.67 bits per heavy atom. The number of thiazole rings is 1. The first-order chi connectivity index (χ1) is 13.2. The lowest BCUT2D eigenvalue weighted by atomic mass is 10.2. The zero-order chi connectivity index (χ0) is 18.8. The molecule has 0 fully saturated rings. The van der Waals surface area contributed by atoms with Crippen LogP contribution in [0.3, 0.4) is 0 Å². The molecule has 0 radical (unpaired) electrons. The van der Waals surface area contributed by atoms with Crippen molar-refractivity contribution in [3.8, 4) is 0 Å². The maximum atomic E-state index is 13.4. The molecule has 2 heterocycles. The van der Waals surface area contributed by atoms with Crippen LogP contribution in [0.1, 0.15) is 28.5 Å². The van der Waals surface area contributed by atoms with Gasteiger partial charge in [-0.2, -0.15) is 5.10 Å². The van der Waals surface area contributed by atoms with E-state index in [-0.39, 0.29) is 5.91 Å². The van der Waals surface area contributed by atoms with Crippen molar-refractivity contribution in [1.82, 2.24) is 14.8 Å². The lowest BCUT2D eigenvalue weighted by molar-refractivity contribution is 0.0975. The Balaban J connectivity index is 1.79. The van der Waals surface area contributed by atoms with Gasteiger partial charge < -0.3 is 0 Å². The molecule has 2 aromatic heterocycles. The molecule has 4 rings (SSSR count). The molecule has 4 aromatic rings. The predicted octanol–water partition coefficient (Wildman–Crippen LogP) is 4.67. The molecule has 6 heteroatoms. The number of hydrogen-bond acceptors (Lipinski definition) is 4. The first-order valence-electron chi connectivity index (χ1n) is 8.91. The monoisotopic (exact) mass is 376 g/mol. The first kappa shape index (κ1) is 17.4. The summed E-state index contributed by atoms with van der Waals surface area (Å²) in [6.07, 6.45) is 1.67. The number of aryl methyl sites for hydroxylation is 2. The zero-order valence-electron chi connectivity index (χ0n) is 15.3. The van der Waals surface area contributed by atoms with Crippen molar-refractivity contribution in [2.75, 3.05) is 4.90 Å². The number of rotatable bonds is 5. The number of nitrogens with zero attached hydrogens (tertiary/aromatic N) is 4. The van der Waals surface area contributed by atoms with Crippen molar-refractivity contribution < 1.29 is 4.79 Å². The molecule has 0 aliphatic heterocycles. The fourth-order valence-electron chi connectivity index (χ4n) is 3.09. The molecule has 2 aromatic carbocycles. The highest BCUT2D eigenvalue weighted by Crippen LogP contribution is 2.32. The fourth-order valence-corrected chi connectivity index (χ4v) is 4.13. The minimum Gasteiger partial charge on any atom is -0.278 e. The smallest absolute Gasteiger partial charge is 0.278 e. The summed E-state index contributed by atoms with van der Waals surface area (Å²) >= 11 is 1.54. The van der Waals surface area contributed by atoms with E-state index in [4.69, 9.17) is 4.98 Å². The van der Waals surface area contributed by atoms with Gasteiger partial charge in [-0.15, -0.1) is 0 Å². The molecule has 0 bridgehead atoms. The molecule has 0 aliphatic rings. The number of carbonyl (C=O) groups is 1. The van der Waals surface area contributed by atoms with E-state index in [0.29, 0.717) is 23.9 Å². The van der Waals surface area contributed by atoms with Gasteiger partial charge in [0, 0.05) is 12.7 Å². The van der Waals surface area contributed by atoms with Crippen LogP contribution in [0.4, 0.5) is 5.13 Å². The second-order valence-corrected chi connectivity index (χ2v) is 7.34. The van der Waals surface area contributed by atoms with Crippen LogP contribution in [0, 0.1) is 6.92 Å². The highest BCUT2D eigenvalue weighted by atomic mass is 32.1. The van der Waals surface area contributed by atoms with Crippen LogP contribution in [0.25, 0.3) is 10.2 Å². The number of aromatic nitrogens is 3. The van der Waals surface area contributed by atoms with Crippen molar-refractivity contribution in [1.29, 1.82) is 0 Å². The van der Waals surface area contributed by atoms with Crippen LogP contribution in [0.15, 0.2) is 60.8 Å². The number of para-hydroxylation sites is 1. The molecule has 0 atom stereocenters. The van der Waals surface area contributed by atoms with E-state index in [0.717, 1.165) is 21.3 Å². The molecule has 0 unspecified atom stereocenters. The van der Waals surface area contributed by atoms with E-state index in [9.17, 15) is 4.79 Å². The highest BCUT2D eigenvalue weighted by Gasteiger charge is 2.24. The van der Waals surface area contributed by atoms with Gasteiger partial charge in [0.05, 0.1) is 16.8 Å². The number of anilines is 1.